The van der Waals surface area contributed by atoms with Crippen LogP contribution in [0.5, 0.6) is 0 Å². The first kappa shape index (κ1) is 47.6. The first-order valence-corrected chi connectivity index (χ1v) is 21.9. The van der Waals surface area contributed by atoms with Crippen LogP contribution in [0.4, 0.5) is 0 Å². The lowest BCUT2D eigenvalue weighted by molar-refractivity contribution is -0.0461. The van der Waals surface area contributed by atoms with Gasteiger partial charge in [-0.1, -0.05) is 119 Å². The lowest BCUT2D eigenvalue weighted by Gasteiger charge is -2.36. The van der Waals surface area contributed by atoms with E-state index in [4.69, 9.17) is 19.9 Å². The van der Waals surface area contributed by atoms with Crippen LogP contribution in [0.1, 0.15) is 90.8 Å². The Labute approximate surface area is 357 Å². The van der Waals surface area contributed by atoms with Gasteiger partial charge in [-0.15, -0.1) is 22.7 Å². The van der Waals surface area contributed by atoms with E-state index in [-0.39, 0.29) is 24.1 Å². The number of aromatic nitrogens is 2. The van der Waals surface area contributed by atoms with Crippen LogP contribution in [0.15, 0.2) is 102 Å². The summed E-state index contributed by atoms with van der Waals surface area (Å²) in [4.78, 5) is 36.0. The molecular formula is C46H61N3O8S2. The van der Waals surface area contributed by atoms with Gasteiger partial charge in [0.05, 0.1) is 23.3 Å². The standard InChI is InChI=1S/C46H61N3O8S2/c1-45(2,37(51)21-13-15-26-47)39-23-10-8-6-7-9-20-34(55-5)29-42-49-36(31-59-42)44(54)57-40(46(3,4)38(52)22-14-16-27-50)24-17-19-33-28-32(33)18-11-12-25-41-48-35(30-58-41)43(53)56-39/h6-14,17-22,25,30-34,37-40,50-52H,15-16,23-24,26-29,47H2,1-5H3/b7-6-,10-8-,18-11+,19-17-,20-9+,21-13+,22-14+,25-12-/t32-,33+,34+,37+,38+,39+,40+/m1/s1. The van der Waals surface area contributed by atoms with Crippen LogP contribution in [-0.4, -0.2) is 88.0 Å². The van der Waals surface area contributed by atoms with Gasteiger partial charge in [0.1, 0.15) is 17.2 Å². The van der Waals surface area contributed by atoms with E-state index in [1.165, 1.54) is 22.7 Å². The number of aliphatic hydroxyl groups excluding tert-OH is 3. The fourth-order valence-electron chi connectivity index (χ4n) is 6.24. The fourth-order valence-corrected chi connectivity index (χ4v) is 7.74. The number of hydrogen-bond acceptors (Lipinski definition) is 13. The van der Waals surface area contributed by atoms with E-state index >= 15 is 0 Å². The zero-order valence-corrected chi connectivity index (χ0v) is 36.4. The zero-order valence-electron chi connectivity index (χ0n) is 34.8. The molecule has 0 radical (unpaired) electrons. The van der Waals surface area contributed by atoms with E-state index in [1.807, 2.05) is 94.5 Å². The lowest BCUT2D eigenvalue weighted by atomic mass is 9.78. The van der Waals surface area contributed by atoms with Gasteiger partial charge in [0.25, 0.3) is 0 Å². The molecule has 1 aliphatic carbocycles. The molecule has 59 heavy (non-hydrogen) atoms. The van der Waals surface area contributed by atoms with Crippen LogP contribution in [-0.2, 0) is 20.6 Å². The summed E-state index contributed by atoms with van der Waals surface area (Å²) in [6.07, 6.45) is 29.9. The van der Waals surface area contributed by atoms with E-state index in [9.17, 15) is 24.9 Å². The minimum absolute atomic E-state index is 0.0264. The Balaban J connectivity index is 1.58. The van der Waals surface area contributed by atoms with Crippen LogP contribution in [0.3, 0.4) is 0 Å². The molecule has 3 heterocycles. The average molecular weight is 848 g/mol. The van der Waals surface area contributed by atoms with Gasteiger partial charge in [-0.2, -0.15) is 0 Å². The van der Waals surface area contributed by atoms with Crippen molar-refractivity contribution in [3.63, 3.8) is 0 Å². The predicted molar refractivity (Wildman–Crippen MR) is 236 cm³/mol. The number of thiazole rings is 2. The minimum atomic E-state index is -0.923. The van der Waals surface area contributed by atoms with Crippen molar-refractivity contribution in [3.05, 3.63) is 123 Å². The van der Waals surface area contributed by atoms with Crippen molar-refractivity contribution in [3.8, 4) is 0 Å². The van der Waals surface area contributed by atoms with Crippen LogP contribution in [0, 0.1) is 22.7 Å². The highest BCUT2D eigenvalue weighted by molar-refractivity contribution is 7.10. The first-order valence-electron chi connectivity index (χ1n) is 20.2. The number of nitrogens with zero attached hydrogens (tertiary/aromatic N) is 2. The third-order valence-corrected chi connectivity index (χ3v) is 12.3. The summed E-state index contributed by atoms with van der Waals surface area (Å²) in [5, 5.41) is 36.2. The van der Waals surface area contributed by atoms with Gasteiger partial charge in [-0.05, 0) is 43.7 Å². The summed E-state index contributed by atoms with van der Waals surface area (Å²) in [6, 6.07) is 0. The molecule has 4 bridgehead atoms. The molecule has 0 amide bonds. The van der Waals surface area contributed by atoms with Crippen molar-refractivity contribution in [1.29, 1.82) is 0 Å². The largest absolute Gasteiger partial charge is 0.457 e. The summed E-state index contributed by atoms with van der Waals surface area (Å²) < 4.78 is 17.8. The summed E-state index contributed by atoms with van der Waals surface area (Å²) >= 11 is 2.69. The Kier molecular flexibility index (Phi) is 19.1. The molecule has 0 saturated heterocycles. The summed E-state index contributed by atoms with van der Waals surface area (Å²) in [6.45, 7) is 7.90. The molecule has 2 aromatic heterocycles. The number of rotatable bonds is 11. The number of allylic oxidation sites excluding steroid dienone is 8. The molecule has 320 valence electrons. The Hall–Kier alpha value is -4.08. The smallest absolute Gasteiger partial charge is 0.358 e. The number of hydrogen-bond donors (Lipinski definition) is 4. The van der Waals surface area contributed by atoms with Gasteiger partial charge in [0.2, 0.25) is 0 Å². The number of carbonyl (C=O) groups is 2. The highest BCUT2D eigenvalue weighted by Gasteiger charge is 2.40. The summed E-state index contributed by atoms with van der Waals surface area (Å²) in [7, 11) is 1.61. The number of methoxy groups -OCH3 is 1. The first-order chi connectivity index (χ1) is 28.3. The SMILES string of the molecule is CO[C@H]1/C=C/C=C\C=C/C[C@@H](C(C)(C)[C@@H](O)/C=C/CCN)OC(=O)c2csc(n2)/C=C\C=C\[C@@H]2C[C@@H]2/C=C\C[C@@H](C(C)(C)[C@@H](O)/C=C/CCO)OC(=O)c2csc(n2)C1. The van der Waals surface area contributed by atoms with E-state index in [2.05, 4.69) is 22.1 Å². The van der Waals surface area contributed by atoms with Crippen molar-refractivity contribution >= 4 is 40.7 Å². The molecule has 0 spiro atoms. The number of ether oxygens (including phenoxy) is 3. The highest BCUT2D eigenvalue weighted by Crippen LogP contribution is 2.41. The molecule has 1 fully saturated rings. The normalized spacial score (nSPS) is 27.2. The molecule has 0 unspecified atom stereocenters. The van der Waals surface area contributed by atoms with Gasteiger partial charge in [0.15, 0.2) is 11.4 Å². The van der Waals surface area contributed by atoms with Crippen LogP contribution >= 0.6 is 22.7 Å². The number of nitrogens with two attached hydrogens (primary N) is 1. The van der Waals surface area contributed by atoms with Crippen molar-refractivity contribution in [1.82, 2.24) is 9.97 Å². The second-order valence-electron chi connectivity index (χ2n) is 15.8. The zero-order chi connectivity index (χ0) is 42.8. The van der Waals surface area contributed by atoms with Crippen molar-refractivity contribution in [2.45, 2.75) is 96.7 Å². The Bertz CT molecular complexity index is 1880. The van der Waals surface area contributed by atoms with Crippen LogP contribution in [0.25, 0.3) is 6.08 Å². The molecule has 2 aromatic rings. The maximum Gasteiger partial charge on any atom is 0.358 e. The second-order valence-corrected chi connectivity index (χ2v) is 17.7. The minimum Gasteiger partial charge on any atom is -0.457 e. The number of aliphatic hydroxyl groups is 3. The van der Waals surface area contributed by atoms with Gasteiger partial charge in [0, 0.05) is 54.6 Å². The highest BCUT2D eigenvalue weighted by atomic mass is 32.1. The third kappa shape index (κ3) is 14.9. The molecule has 11 nitrogen and oxygen atoms in total. The Morgan fingerprint density at radius 2 is 1.41 bits per heavy atom. The number of carbonyl (C=O) groups excluding carboxylic acids is 2. The number of cyclic esters (lactones) is 2. The topological polar surface area (TPSA) is 174 Å². The average Bonchev–Trinajstić information content (AvgIpc) is 3.52. The van der Waals surface area contributed by atoms with E-state index in [0.29, 0.717) is 60.5 Å². The van der Waals surface area contributed by atoms with Gasteiger partial charge >= 0.3 is 11.9 Å². The number of fused-ring (bicyclic) bond motifs is 5. The van der Waals surface area contributed by atoms with Crippen LogP contribution < -0.4 is 5.73 Å². The monoisotopic (exact) mass is 847 g/mol. The maximum absolute atomic E-state index is 13.5. The van der Waals surface area contributed by atoms with E-state index in [0.717, 1.165) is 6.42 Å². The van der Waals surface area contributed by atoms with Crippen LogP contribution in [0.2, 0.25) is 0 Å². The molecule has 4 rings (SSSR count). The lowest BCUT2D eigenvalue weighted by Crippen LogP contribution is -2.42. The van der Waals surface area contributed by atoms with E-state index in [1.54, 1.807) is 36.1 Å². The van der Waals surface area contributed by atoms with E-state index < -0.39 is 47.2 Å². The quantitative estimate of drug-likeness (QED) is 0.129. The van der Waals surface area contributed by atoms with Gasteiger partial charge < -0.3 is 35.3 Å². The number of esters is 2. The van der Waals surface area contributed by atoms with Gasteiger partial charge in [-0.3, -0.25) is 0 Å². The maximum atomic E-state index is 13.5. The fraction of sp³-hybridized carbons (Fsp3) is 0.478. The molecule has 13 heteroatoms. The second kappa shape index (κ2) is 23.6. The Morgan fingerprint density at radius 1 is 0.814 bits per heavy atom. The molecule has 1 aliphatic heterocycles. The molecule has 2 aliphatic rings. The van der Waals surface area contributed by atoms with Crippen molar-refractivity contribution in [2.24, 2.45) is 28.4 Å². The molecule has 0 aromatic carbocycles. The van der Waals surface area contributed by atoms with Crippen molar-refractivity contribution < 1.29 is 39.1 Å². The molecule has 1 saturated carbocycles. The Morgan fingerprint density at radius 3 is 2.07 bits per heavy atom. The van der Waals surface area contributed by atoms with Crippen molar-refractivity contribution in [2.75, 3.05) is 20.3 Å². The molecular weight excluding hydrogens is 787 g/mol. The van der Waals surface area contributed by atoms with Gasteiger partial charge in [-0.25, -0.2) is 19.6 Å². The summed E-state index contributed by atoms with van der Waals surface area (Å²) in [5.41, 5.74) is 4.36. The summed E-state index contributed by atoms with van der Waals surface area (Å²) in [5.74, 6) is -0.439. The predicted octanol–water partition coefficient (Wildman–Crippen LogP) is 7.75. The molecule has 7 atom stereocenters. The third-order valence-electron chi connectivity index (χ3n) is 10.6. The molecule has 5 N–H and O–H groups in total.